The molecule has 2 N–H and O–H groups in total. The Morgan fingerprint density at radius 2 is 2.47 bits per heavy atom. The number of nitro groups is 1. The molecule has 1 aliphatic heterocycles. The number of aromatic nitrogens is 1. The molecule has 0 spiro atoms. The van der Waals surface area contributed by atoms with Crippen LogP contribution in [0, 0.1) is 16.0 Å². The lowest BCUT2D eigenvalue weighted by atomic mass is 10.1. The molecule has 100 valence electrons. The van der Waals surface area contributed by atoms with Crippen molar-refractivity contribution in [1.82, 2.24) is 10.3 Å². The van der Waals surface area contributed by atoms with Crippen molar-refractivity contribution < 1.29 is 9.34 Å². The van der Waals surface area contributed by atoms with Crippen LogP contribution >= 0.6 is 0 Å². The summed E-state index contributed by atoms with van der Waals surface area (Å²) in [6.07, 6.45) is 1.12. The van der Waals surface area contributed by atoms with Gasteiger partial charge in [0.2, 0.25) is 0 Å². The van der Waals surface area contributed by atoms with Gasteiger partial charge in [0.25, 0.3) is 11.7 Å². The molecule has 0 saturated carbocycles. The summed E-state index contributed by atoms with van der Waals surface area (Å²) >= 11 is 0. The van der Waals surface area contributed by atoms with Crippen LogP contribution in [0.1, 0.15) is 6.42 Å². The number of nitrogens with one attached hydrogen (secondary N) is 2. The highest BCUT2D eigenvalue weighted by Crippen LogP contribution is 2.27. The molecular weight excluding hydrogens is 248 g/mol. The van der Waals surface area contributed by atoms with Crippen LogP contribution in [0.2, 0.25) is 0 Å². The van der Waals surface area contributed by atoms with Gasteiger partial charge in [-0.3, -0.25) is 10.1 Å². The maximum Gasteiger partial charge on any atom is 0.298 e. The monoisotopic (exact) mass is 262 g/mol. The Morgan fingerprint density at radius 3 is 3.21 bits per heavy atom. The summed E-state index contributed by atoms with van der Waals surface area (Å²) < 4.78 is 5.47. The lowest BCUT2D eigenvalue weighted by Gasteiger charge is -2.07. The molecule has 1 saturated heterocycles. The summed E-state index contributed by atoms with van der Waals surface area (Å²) in [6.45, 7) is 2.77. The lowest BCUT2D eigenvalue weighted by Crippen LogP contribution is -2.17. The minimum atomic E-state index is -0.449. The molecule has 1 unspecified atom stereocenters. The average molecular weight is 262 g/mol. The Balaban J connectivity index is 1.80. The number of fused-ring (bicyclic) bond motifs is 1. The standard InChI is InChI=1S/C12H14N4O3/c17-16(18)9-2-1-3-10-11(9)15-12(19-10)14-7-8-4-5-13-6-8/h1-3,8,13H,4-7H2,(H,14,15). The van der Waals surface area contributed by atoms with Crippen LogP contribution in [-0.2, 0) is 0 Å². The van der Waals surface area contributed by atoms with Crippen molar-refractivity contribution in [2.24, 2.45) is 5.92 Å². The van der Waals surface area contributed by atoms with Crippen molar-refractivity contribution in [2.75, 3.05) is 25.0 Å². The van der Waals surface area contributed by atoms with Crippen LogP contribution in [0.4, 0.5) is 11.7 Å². The minimum Gasteiger partial charge on any atom is -0.423 e. The van der Waals surface area contributed by atoms with E-state index in [2.05, 4.69) is 15.6 Å². The van der Waals surface area contributed by atoms with Crippen molar-refractivity contribution in [3.8, 4) is 0 Å². The van der Waals surface area contributed by atoms with Gasteiger partial charge in [0, 0.05) is 12.6 Å². The number of anilines is 1. The third kappa shape index (κ3) is 2.37. The van der Waals surface area contributed by atoms with Gasteiger partial charge in [0.1, 0.15) is 0 Å². The van der Waals surface area contributed by atoms with Gasteiger partial charge in [-0.25, -0.2) is 0 Å². The van der Waals surface area contributed by atoms with Gasteiger partial charge in [0.05, 0.1) is 4.92 Å². The Labute approximate surface area is 109 Å². The molecule has 3 rings (SSSR count). The zero-order valence-corrected chi connectivity index (χ0v) is 10.3. The van der Waals surface area contributed by atoms with Crippen LogP contribution in [0.3, 0.4) is 0 Å². The molecule has 0 aliphatic carbocycles. The second-order valence-electron chi connectivity index (χ2n) is 4.64. The SMILES string of the molecule is O=[N+]([O-])c1cccc2oc(NCC3CCNC3)nc12. The second kappa shape index (κ2) is 4.85. The van der Waals surface area contributed by atoms with Crippen LogP contribution in [-0.4, -0.2) is 29.5 Å². The molecule has 1 aliphatic rings. The van der Waals surface area contributed by atoms with E-state index >= 15 is 0 Å². The fraction of sp³-hybridized carbons (Fsp3) is 0.417. The Bertz CT molecular complexity index is 604. The number of non-ortho nitro benzene ring substituents is 1. The zero-order chi connectivity index (χ0) is 13.2. The normalized spacial score (nSPS) is 18.8. The summed E-state index contributed by atoms with van der Waals surface area (Å²) in [6, 6.07) is 5.04. The molecule has 1 atom stereocenters. The van der Waals surface area contributed by atoms with Crippen molar-refractivity contribution >= 4 is 22.8 Å². The lowest BCUT2D eigenvalue weighted by molar-refractivity contribution is -0.383. The third-order valence-corrected chi connectivity index (χ3v) is 3.30. The maximum atomic E-state index is 10.9. The molecule has 0 amide bonds. The summed E-state index contributed by atoms with van der Waals surface area (Å²) in [5.74, 6) is 0.546. The fourth-order valence-corrected chi connectivity index (χ4v) is 2.28. The topological polar surface area (TPSA) is 93.2 Å². The van der Waals surface area contributed by atoms with E-state index in [0.29, 0.717) is 23.0 Å². The minimum absolute atomic E-state index is 0.0307. The average Bonchev–Trinajstić information content (AvgIpc) is 3.04. The van der Waals surface area contributed by atoms with E-state index in [4.69, 9.17) is 4.42 Å². The molecular formula is C12H14N4O3. The molecule has 7 heteroatoms. The molecule has 1 aromatic carbocycles. The number of rotatable bonds is 4. The van der Waals surface area contributed by atoms with Gasteiger partial charge in [-0.1, -0.05) is 6.07 Å². The highest BCUT2D eigenvalue weighted by atomic mass is 16.6. The number of hydrogen-bond acceptors (Lipinski definition) is 6. The van der Waals surface area contributed by atoms with Gasteiger partial charge in [-0.15, -0.1) is 0 Å². The van der Waals surface area contributed by atoms with Gasteiger partial charge in [-0.2, -0.15) is 4.98 Å². The van der Waals surface area contributed by atoms with E-state index in [1.165, 1.54) is 6.07 Å². The predicted octanol–water partition coefficient (Wildman–Crippen LogP) is 1.76. The first-order valence-electron chi connectivity index (χ1n) is 6.22. The van der Waals surface area contributed by atoms with Crippen molar-refractivity contribution in [1.29, 1.82) is 0 Å². The first-order chi connectivity index (χ1) is 9.24. The van der Waals surface area contributed by atoms with Gasteiger partial charge in [0.15, 0.2) is 11.1 Å². The molecule has 0 bridgehead atoms. The Morgan fingerprint density at radius 1 is 1.58 bits per heavy atom. The first-order valence-corrected chi connectivity index (χ1v) is 6.22. The first kappa shape index (κ1) is 11.9. The smallest absolute Gasteiger partial charge is 0.298 e. The van der Waals surface area contributed by atoms with E-state index in [0.717, 1.165) is 26.1 Å². The summed E-state index contributed by atoms with van der Waals surface area (Å²) in [4.78, 5) is 14.6. The third-order valence-electron chi connectivity index (χ3n) is 3.30. The Hall–Kier alpha value is -2.15. The number of nitro benzene ring substituents is 1. The predicted molar refractivity (Wildman–Crippen MR) is 70.1 cm³/mol. The summed E-state index contributed by atoms with van der Waals surface area (Å²) in [7, 11) is 0. The highest BCUT2D eigenvalue weighted by Gasteiger charge is 2.19. The Kier molecular flexibility index (Phi) is 3.04. The number of hydrogen-bond donors (Lipinski definition) is 2. The molecule has 2 aromatic rings. The van der Waals surface area contributed by atoms with Gasteiger partial charge in [-0.05, 0) is 31.5 Å². The van der Waals surface area contributed by atoms with Crippen LogP contribution < -0.4 is 10.6 Å². The quantitative estimate of drug-likeness (QED) is 0.644. The molecule has 1 aromatic heterocycles. The zero-order valence-electron chi connectivity index (χ0n) is 10.3. The number of para-hydroxylation sites is 1. The van der Waals surface area contributed by atoms with E-state index < -0.39 is 4.92 Å². The largest absolute Gasteiger partial charge is 0.423 e. The van der Waals surface area contributed by atoms with Gasteiger partial charge >= 0.3 is 0 Å². The maximum absolute atomic E-state index is 10.9. The molecule has 7 nitrogen and oxygen atoms in total. The second-order valence-corrected chi connectivity index (χ2v) is 4.64. The number of nitrogens with zero attached hydrogens (tertiary/aromatic N) is 2. The molecule has 1 fully saturated rings. The van der Waals surface area contributed by atoms with E-state index in [9.17, 15) is 10.1 Å². The van der Waals surface area contributed by atoms with Crippen LogP contribution in [0.25, 0.3) is 11.1 Å². The number of benzene rings is 1. The van der Waals surface area contributed by atoms with Crippen LogP contribution in [0.5, 0.6) is 0 Å². The fourth-order valence-electron chi connectivity index (χ4n) is 2.28. The van der Waals surface area contributed by atoms with E-state index in [-0.39, 0.29) is 5.69 Å². The molecule has 19 heavy (non-hydrogen) atoms. The number of oxazole rings is 1. The molecule has 2 heterocycles. The van der Waals surface area contributed by atoms with Gasteiger partial charge < -0.3 is 15.1 Å². The van der Waals surface area contributed by atoms with E-state index in [1.54, 1.807) is 12.1 Å². The molecule has 0 radical (unpaired) electrons. The van der Waals surface area contributed by atoms with E-state index in [1.807, 2.05) is 0 Å². The van der Waals surface area contributed by atoms with Crippen molar-refractivity contribution in [3.05, 3.63) is 28.3 Å². The summed E-state index contributed by atoms with van der Waals surface area (Å²) in [5, 5.41) is 17.3. The van der Waals surface area contributed by atoms with Crippen molar-refractivity contribution in [3.63, 3.8) is 0 Å². The summed E-state index contributed by atoms with van der Waals surface area (Å²) in [5.41, 5.74) is 0.692. The van der Waals surface area contributed by atoms with Crippen molar-refractivity contribution in [2.45, 2.75) is 6.42 Å². The highest BCUT2D eigenvalue weighted by molar-refractivity contribution is 5.83. The van der Waals surface area contributed by atoms with Crippen LogP contribution in [0.15, 0.2) is 22.6 Å².